The number of aromatic amines is 1. The molecule has 1 aromatic heterocycles. The molecular formula is C14H16BrN3. The highest BCUT2D eigenvalue weighted by atomic mass is 79.9. The third kappa shape index (κ3) is 2.10. The van der Waals surface area contributed by atoms with Crippen LogP contribution in [0.25, 0.3) is 0 Å². The van der Waals surface area contributed by atoms with Gasteiger partial charge >= 0.3 is 0 Å². The van der Waals surface area contributed by atoms with Gasteiger partial charge in [0, 0.05) is 23.1 Å². The predicted octanol–water partition coefficient (Wildman–Crippen LogP) is 2.78. The smallest absolute Gasteiger partial charge is 0.0926 e. The zero-order valence-corrected chi connectivity index (χ0v) is 11.9. The van der Waals surface area contributed by atoms with Crippen LogP contribution in [0.1, 0.15) is 23.9 Å². The summed E-state index contributed by atoms with van der Waals surface area (Å²) < 4.78 is 1.13. The molecule has 3 rings (SSSR count). The van der Waals surface area contributed by atoms with Crippen LogP contribution in [0, 0.1) is 0 Å². The molecule has 4 heteroatoms. The predicted molar refractivity (Wildman–Crippen MR) is 75.5 cm³/mol. The highest BCUT2D eigenvalue weighted by Crippen LogP contribution is 2.29. The molecule has 2 aromatic rings. The van der Waals surface area contributed by atoms with Crippen molar-refractivity contribution in [1.82, 2.24) is 15.3 Å². The second-order valence-electron chi connectivity index (χ2n) is 5.05. The second kappa shape index (κ2) is 4.52. The summed E-state index contributed by atoms with van der Waals surface area (Å²) in [4.78, 5) is 7.75. The van der Waals surface area contributed by atoms with Gasteiger partial charge in [0.05, 0.1) is 17.6 Å². The normalized spacial score (nSPS) is 22.8. The summed E-state index contributed by atoms with van der Waals surface area (Å²) >= 11 is 3.53. The lowest BCUT2D eigenvalue weighted by molar-refractivity contribution is 0.335. The van der Waals surface area contributed by atoms with Crippen LogP contribution in [0.3, 0.4) is 0 Å². The topological polar surface area (TPSA) is 40.7 Å². The Hall–Kier alpha value is -1.13. The first kappa shape index (κ1) is 11.9. The Labute approximate surface area is 115 Å². The first-order chi connectivity index (χ1) is 8.67. The monoisotopic (exact) mass is 305 g/mol. The molecule has 0 saturated carbocycles. The van der Waals surface area contributed by atoms with Gasteiger partial charge in [0.25, 0.3) is 0 Å². The van der Waals surface area contributed by atoms with E-state index in [0.29, 0.717) is 0 Å². The number of benzene rings is 1. The number of nitrogens with zero attached hydrogens (tertiary/aromatic N) is 1. The maximum Gasteiger partial charge on any atom is 0.0926 e. The molecule has 0 fully saturated rings. The van der Waals surface area contributed by atoms with E-state index in [-0.39, 0.29) is 5.54 Å². The van der Waals surface area contributed by atoms with Gasteiger partial charge in [-0.2, -0.15) is 0 Å². The van der Waals surface area contributed by atoms with Gasteiger partial charge in [0.1, 0.15) is 0 Å². The van der Waals surface area contributed by atoms with E-state index in [0.717, 1.165) is 29.6 Å². The van der Waals surface area contributed by atoms with Crippen LogP contribution in [-0.2, 0) is 18.4 Å². The van der Waals surface area contributed by atoms with E-state index in [1.54, 1.807) is 6.33 Å². The van der Waals surface area contributed by atoms with E-state index < -0.39 is 0 Å². The summed E-state index contributed by atoms with van der Waals surface area (Å²) in [5.74, 6) is 0. The number of hydrogen-bond donors (Lipinski definition) is 2. The highest BCUT2D eigenvalue weighted by molar-refractivity contribution is 9.10. The van der Waals surface area contributed by atoms with Crippen molar-refractivity contribution < 1.29 is 0 Å². The maximum absolute atomic E-state index is 4.50. The molecule has 0 radical (unpaired) electrons. The Bertz CT molecular complexity index is 564. The van der Waals surface area contributed by atoms with Gasteiger partial charge in [-0.3, -0.25) is 0 Å². The van der Waals surface area contributed by atoms with Crippen LogP contribution in [0.4, 0.5) is 0 Å². The standard InChI is InChI=1S/C14H16BrN3/c1-14(8-10-3-2-4-11(15)7-10)13-12(5-6-18-14)16-9-17-13/h2-4,7,9,18H,5-6,8H2,1H3,(H,16,17). The van der Waals surface area contributed by atoms with E-state index in [4.69, 9.17) is 0 Å². The Morgan fingerprint density at radius 1 is 1.44 bits per heavy atom. The zero-order valence-electron chi connectivity index (χ0n) is 10.3. The minimum Gasteiger partial charge on any atom is -0.348 e. The van der Waals surface area contributed by atoms with Gasteiger partial charge in [-0.05, 0) is 31.0 Å². The first-order valence-electron chi connectivity index (χ1n) is 6.20. The van der Waals surface area contributed by atoms with E-state index in [9.17, 15) is 0 Å². The molecule has 0 spiro atoms. The highest BCUT2D eigenvalue weighted by Gasteiger charge is 2.34. The van der Waals surface area contributed by atoms with Crippen molar-refractivity contribution in [2.45, 2.75) is 25.3 Å². The van der Waals surface area contributed by atoms with Gasteiger partial charge < -0.3 is 10.3 Å². The molecule has 1 atom stereocenters. The van der Waals surface area contributed by atoms with Crippen LogP contribution >= 0.6 is 15.9 Å². The molecule has 1 unspecified atom stereocenters. The van der Waals surface area contributed by atoms with Crippen LogP contribution in [-0.4, -0.2) is 16.5 Å². The third-order valence-corrected chi connectivity index (χ3v) is 4.07. The number of rotatable bonds is 2. The summed E-state index contributed by atoms with van der Waals surface area (Å²) in [6.07, 6.45) is 3.78. The number of aromatic nitrogens is 2. The maximum atomic E-state index is 4.50. The molecule has 2 heterocycles. The lowest BCUT2D eigenvalue weighted by atomic mass is 9.85. The van der Waals surface area contributed by atoms with Crippen molar-refractivity contribution in [3.8, 4) is 0 Å². The largest absolute Gasteiger partial charge is 0.348 e. The van der Waals surface area contributed by atoms with E-state index in [1.807, 2.05) is 0 Å². The third-order valence-electron chi connectivity index (χ3n) is 3.58. The number of imidazole rings is 1. The Morgan fingerprint density at radius 2 is 2.33 bits per heavy atom. The Balaban J connectivity index is 1.93. The molecule has 0 aliphatic carbocycles. The van der Waals surface area contributed by atoms with Crippen molar-refractivity contribution in [1.29, 1.82) is 0 Å². The quantitative estimate of drug-likeness (QED) is 0.896. The SMILES string of the molecule is CC1(Cc2cccc(Br)c2)NCCc2[nH]cnc21. The van der Waals surface area contributed by atoms with Crippen LogP contribution in [0.5, 0.6) is 0 Å². The van der Waals surface area contributed by atoms with Crippen molar-refractivity contribution in [3.63, 3.8) is 0 Å². The van der Waals surface area contributed by atoms with Crippen LogP contribution < -0.4 is 5.32 Å². The van der Waals surface area contributed by atoms with Gasteiger partial charge in [-0.15, -0.1) is 0 Å². The molecule has 0 amide bonds. The molecule has 18 heavy (non-hydrogen) atoms. The van der Waals surface area contributed by atoms with Crippen molar-refractivity contribution in [2.75, 3.05) is 6.54 Å². The van der Waals surface area contributed by atoms with Crippen molar-refractivity contribution >= 4 is 15.9 Å². The van der Waals surface area contributed by atoms with E-state index in [1.165, 1.54) is 11.3 Å². The second-order valence-corrected chi connectivity index (χ2v) is 5.96. The van der Waals surface area contributed by atoms with Gasteiger partial charge in [0.15, 0.2) is 0 Å². The van der Waals surface area contributed by atoms with E-state index >= 15 is 0 Å². The summed E-state index contributed by atoms with van der Waals surface area (Å²) in [5, 5.41) is 3.61. The van der Waals surface area contributed by atoms with Crippen molar-refractivity contribution in [3.05, 3.63) is 52.0 Å². The number of nitrogens with one attached hydrogen (secondary N) is 2. The lowest BCUT2D eigenvalue weighted by Crippen LogP contribution is -2.46. The fourth-order valence-electron chi connectivity index (χ4n) is 2.74. The van der Waals surface area contributed by atoms with Gasteiger partial charge in [-0.1, -0.05) is 28.1 Å². The van der Waals surface area contributed by atoms with Crippen LogP contribution in [0.2, 0.25) is 0 Å². The lowest BCUT2D eigenvalue weighted by Gasteiger charge is -2.34. The average Bonchev–Trinajstić information content (AvgIpc) is 2.78. The molecule has 1 aromatic carbocycles. The van der Waals surface area contributed by atoms with Gasteiger partial charge in [0.2, 0.25) is 0 Å². The fraction of sp³-hybridized carbons (Fsp3) is 0.357. The molecule has 0 saturated heterocycles. The van der Waals surface area contributed by atoms with Gasteiger partial charge in [-0.25, -0.2) is 4.98 Å². The molecule has 3 nitrogen and oxygen atoms in total. The minimum absolute atomic E-state index is 0.0750. The summed E-state index contributed by atoms with van der Waals surface area (Å²) in [6.45, 7) is 3.23. The van der Waals surface area contributed by atoms with Crippen LogP contribution in [0.15, 0.2) is 35.1 Å². The fourth-order valence-corrected chi connectivity index (χ4v) is 3.18. The molecule has 1 aliphatic heterocycles. The first-order valence-corrected chi connectivity index (χ1v) is 6.99. The summed E-state index contributed by atoms with van der Waals surface area (Å²) in [6, 6.07) is 8.48. The number of H-pyrrole nitrogens is 1. The molecular weight excluding hydrogens is 290 g/mol. The molecule has 0 bridgehead atoms. The molecule has 2 N–H and O–H groups in total. The average molecular weight is 306 g/mol. The molecule has 94 valence electrons. The minimum atomic E-state index is -0.0750. The number of hydrogen-bond acceptors (Lipinski definition) is 2. The zero-order chi connectivity index (χ0) is 12.6. The van der Waals surface area contributed by atoms with E-state index in [2.05, 4.69) is 62.4 Å². The number of halogens is 1. The summed E-state index contributed by atoms with van der Waals surface area (Å²) in [5.41, 5.74) is 3.67. The number of fused-ring (bicyclic) bond motifs is 1. The van der Waals surface area contributed by atoms with Crippen molar-refractivity contribution in [2.24, 2.45) is 0 Å². The Kier molecular flexibility index (Phi) is 2.99. The molecule has 1 aliphatic rings. The Morgan fingerprint density at radius 3 is 3.17 bits per heavy atom. The summed E-state index contributed by atoms with van der Waals surface area (Å²) in [7, 11) is 0.